The van der Waals surface area contributed by atoms with Crippen molar-refractivity contribution in [3.05, 3.63) is 17.7 Å². The maximum atomic E-state index is 12.1. The minimum Gasteiger partial charge on any atom is -0.478 e. The Bertz CT molecular complexity index is 709. The van der Waals surface area contributed by atoms with Crippen LogP contribution in [0.1, 0.15) is 39.2 Å². The second-order valence-electron chi connectivity index (χ2n) is 8.22. The van der Waals surface area contributed by atoms with E-state index in [0.29, 0.717) is 37.8 Å². The van der Waals surface area contributed by atoms with Crippen LogP contribution in [0.5, 0.6) is 5.88 Å². The number of ether oxygens (including phenoxy) is 2. The third kappa shape index (κ3) is 5.82. The van der Waals surface area contributed by atoms with Crippen molar-refractivity contribution in [1.82, 2.24) is 14.8 Å². The van der Waals surface area contributed by atoms with Gasteiger partial charge in [0.15, 0.2) is 0 Å². The highest BCUT2D eigenvalue weighted by Crippen LogP contribution is 2.23. The summed E-state index contributed by atoms with van der Waals surface area (Å²) < 4.78 is 11.2. The molecule has 1 aromatic rings. The van der Waals surface area contributed by atoms with E-state index < -0.39 is 5.60 Å². The molecule has 2 aliphatic rings. The lowest BCUT2D eigenvalue weighted by Gasteiger charge is -2.35. The molecule has 0 aromatic carbocycles. The quantitative estimate of drug-likeness (QED) is 0.777. The summed E-state index contributed by atoms with van der Waals surface area (Å²) in [4.78, 5) is 32.0. The Morgan fingerprint density at radius 3 is 2.64 bits per heavy atom. The normalized spacial score (nSPS) is 17.7. The first-order valence-electron chi connectivity index (χ1n) is 9.93. The Labute approximate surface area is 166 Å². The number of amides is 2. The summed E-state index contributed by atoms with van der Waals surface area (Å²) in [5.74, 6) is 1.16. The third-order valence-corrected chi connectivity index (χ3v) is 4.73. The molecule has 0 saturated carbocycles. The zero-order chi connectivity index (χ0) is 20.1. The molecule has 0 radical (unpaired) electrons. The highest BCUT2D eigenvalue weighted by Gasteiger charge is 2.25. The van der Waals surface area contributed by atoms with Crippen molar-refractivity contribution in [2.24, 2.45) is 0 Å². The molecule has 1 fully saturated rings. The Hall–Kier alpha value is -2.35. The van der Waals surface area contributed by atoms with Crippen LogP contribution >= 0.6 is 0 Å². The van der Waals surface area contributed by atoms with Crippen molar-refractivity contribution >= 4 is 17.8 Å². The smallest absolute Gasteiger partial charge is 0.410 e. The number of anilines is 1. The lowest BCUT2D eigenvalue weighted by atomic mass is 10.1. The van der Waals surface area contributed by atoms with E-state index in [9.17, 15) is 9.59 Å². The average molecular weight is 390 g/mol. The van der Waals surface area contributed by atoms with Gasteiger partial charge in [0.05, 0.1) is 6.61 Å². The summed E-state index contributed by atoms with van der Waals surface area (Å²) in [6, 6.07) is 3.82. The molecular weight excluding hydrogens is 360 g/mol. The van der Waals surface area contributed by atoms with E-state index >= 15 is 0 Å². The third-order valence-electron chi connectivity index (χ3n) is 4.73. The summed E-state index contributed by atoms with van der Waals surface area (Å²) in [7, 11) is 0. The molecule has 2 amide bonds. The van der Waals surface area contributed by atoms with Crippen LogP contribution in [-0.4, -0.2) is 71.7 Å². The number of carbonyl (C=O) groups is 2. The van der Waals surface area contributed by atoms with Crippen molar-refractivity contribution in [3.63, 3.8) is 0 Å². The molecule has 1 aromatic heterocycles. The van der Waals surface area contributed by atoms with E-state index in [1.165, 1.54) is 0 Å². The average Bonchev–Trinajstić information content (AvgIpc) is 2.64. The molecule has 0 aliphatic carbocycles. The van der Waals surface area contributed by atoms with Crippen LogP contribution in [0.15, 0.2) is 12.1 Å². The molecule has 3 heterocycles. The van der Waals surface area contributed by atoms with E-state index in [1.807, 2.05) is 32.9 Å². The van der Waals surface area contributed by atoms with E-state index in [4.69, 9.17) is 9.47 Å². The number of fused-ring (bicyclic) bond motifs is 1. The zero-order valence-corrected chi connectivity index (χ0v) is 17.0. The number of hydrogen-bond acceptors (Lipinski definition) is 6. The fraction of sp³-hybridized carbons (Fsp3) is 0.650. The molecular formula is C20H30N4O4. The fourth-order valence-electron chi connectivity index (χ4n) is 3.25. The predicted octanol–water partition coefficient (Wildman–Crippen LogP) is 2.29. The van der Waals surface area contributed by atoms with E-state index in [1.54, 1.807) is 4.90 Å². The van der Waals surface area contributed by atoms with Crippen LogP contribution in [0.25, 0.3) is 0 Å². The maximum Gasteiger partial charge on any atom is 0.410 e. The molecule has 0 spiro atoms. The number of hydrogen-bond donors (Lipinski definition) is 1. The molecule has 1 N–H and O–H groups in total. The SMILES string of the molecule is CC(C)(C)OC(=O)N1CCN(CCCOc2ccc3c(n2)NC(=O)CC3)CC1. The van der Waals surface area contributed by atoms with Crippen molar-refractivity contribution < 1.29 is 19.1 Å². The van der Waals surface area contributed by atoms with Gasteiger partial charge in [-0.1, -0.05) is 0 Å². The number of aryl methyl sites for hydroxylation is 1. The molecule has 0 bridgehead atoms. The monoisotopic (exact) mass is 390 g/mol. The Morgan fingerprint density at radius 2 is 1.93 bits per heavy atom. The minimum absolute atomic E-state index is 0.00248. The maximum absolute atomic E-state index is 12.1. The van der Waals surface area contributed by atoms with Crippen LogP contribution in [0, 0.1) is 0 Å². The van der Waals surface area contributed by atoms with Crippen molar-refractivity contribution in [1.29, 1.82) is 0 Å². The van der Waals surface area contributed by atoms with Crippen molar-refractivity contribution in [3.8, 4) is 5.88 Å². The van der Waals surface area contributed by atoms with Gasteiger partial charge in [0.1, 0.15) is 11.4 Å². The van der Waals surface area contributed by atoms with E-state index in [0.717, 1.165) is 38.0 Å². The van der Waals surface area contributed by atoms with Crippen LogP contribution in [-0.2, 0) is 16.0 Å². The fourth-order valence-corrected chi connectivity index (χ4v) is 3.25. The number of rotatable bonds is 5. The summed E-state index contributed by atoms with van der Waals surface area (Å²) in [5.41, 5.74) is 0.592. The largest absolute Gasteiger partial charge is 0.478 e. The van der Waals surface area contributed by atoms with Crippen molar-refractivity contribution in [2.75, 3.05) is 44.6 Å². The zero-order valence-electron chi connectivity index (χ0n) is 17.0. The van der Waals surface area contributed by atoms with Crippen LogP contribution in [0.3, 0.4) is 0 Å². The second kappa shape index (κ2) is 8.77. The number of nitrogens with zero attached hydrogens (tertiary/aromatic N) is 3. The van der Waals surface area contributed by atoms with Gasteiger partial charge in [-0.3, -0.25) is 9.69 Å². The molecule has 8 nitrogen and oxygen atoms in total. The molecule has 2 aliphatic heterocycles. The van der Waals surface area contributed by atoms with Crippen molar-refractivity contribution in [2.45, 2.75) is 45.6 Å². The van der Waals surface area contributed by atoms with Crippen LogP contribution < -0.4 is 10.1 Å². The first kappa shape index (κ1) is 20.4. The van der Waals surface area contributed by atoms with Gasteiger partial charge in [-0.2, -0.15) is 4.98 Å². The Morgan fingerprint density at radius 1 is 1.18 bits per heavy atom. The van der Waals surface area contributed by atoms with E-state index in [2.05, 4.69) is 15.2 Å². The topological polar surface area (TPSA) is 84.0 Å². The molecule has 0 atom stereocenters. The van der Waals surface area contributed by atoms with Gasteiger partial charge in [-0.25, -0.2) is 4.79 Å². The number of pyridine rings is 1. The predicted molar refractivity (Wildman–Crippen MR) is 106 cm³/mol. The lowest BCUT2D eigenvalue weighted by molar-refractivity contribution is -0.116. The molecule has 8 heteroatoms. The van der Waals surface area contributed by atoms with Gasteiger partial charge in [0.25, 0.3) is 0 Å². The number of aromatic nitrogens is 1. The highest BCUT2D eigenvalue weighted by atomic mass is 16.6. The van der Waals surface area contributed by atoms with Gasteiger partial charge in [-0.15, -0.1) is 0 Å². The Balaban J connectivity index is 1.35. The second-order valence-corrected chi connectivity index (χ2v) is 8.22. The number of nitrogens with one attached hydrogen (secondary N) is 1. The number of piperazine rings is 1. The molecule has 0 unspecified atom stereocenters. The first-order valence-corrected chi connectivity index (χ1v) is 9.93. The first-order chi connectivity index (χ1) is 13.3. The Kier molecular flexibility index (Phi) is 6.39. The molecule has 154 valence electrons. The van der Waals surface area contributed by atoms with Gasteiger partial charge in [0, 0.05) is 45.2 Å². The van der Waals surface area contributed by atoms with Gasteiger partial charge >= 0.3 is 6.09 Å². The molecule has 3 rings (SSSR count). The molecule has 1 saturated heterocycles. The van der Waals surface area contributed by atoms with Gasteiger partial charge in [0.2, 0.25) is 11.8 Å². The standard InChI is InChI=1S/C20H30N4O4/c1-20(2,3)28-19(26)24-12-10-23(11-13-24)9-4-14-27-17-8-6-15-5-7-16(25)21-18(15)22-17/h6,8H,4-5,7,9-14H2,1-3H3,(H,21,22,25). The van der Waals surface area contributed by atoms with Crippen LogP contribution in [0.2, 0.25) is 0 Å². The summed E-state index contributed by atoms with van der Waals surface area (Å²) in [6.07, 6.45) is 1.87. The lowest BCUT2D eigenvalue weighted by Crippen LogP contribution is -2.50. The van der Waals surface area contributed by atoms with Crippen LogP contribution in [0.4, 0.5) is 10.6 Å². The van der Waals surface area contributed by atoms with Gasteiger partial charge in [-0.05, 0) is 45.2 Å². The van der Waals surface area contributed by atoms with E-state index in [-0.39, 0.29) is 12.0 Å². The summed E-state index contributed by atoms with van der Waals surface area (Å²) in [6.45, 7) is 10.1. The molecule has 28 heavy (non-hydrogen) atoms. The number of carbonyl (C=O) groups excluding carboxylic acids is 2. The highest BCUT2D eigenvalue weighted by molar-refractivity contribution is 5.92. The van der Waals surface area contributed by atoms with Gasteiger partial charge < -0.3 is 19.7 Å². The summed E-state index contributed by atoms with van der Waals surface area (Å²) >= 11 is 0. The summed E-state index contributed by atoms with van der Waals surface area (Å²) in [5, 5.41) is 2.79. The minimum atomic E-state index is -0.459.